The second kappa shape index (κ2) is 11.3. The number of hydrogen-bond acceptors (Lipinski definition) is 5. The van der Waals surface area contributed by atoms with Crippen LogP contribution in [0, 0.1) is 5.92 Å². The highest BCUT2D eigenvalue weighted by atomic mass is 16.5. The molecule has 3 rings (SSSR count). The molecule has 1 aromatic carbocycles. The van der Waals surface area contributed by atoms with Gasteiger partial charge in [0.1, 0.15) is 11.7 Å². The van der Waals surface area contributed by atoms with Crippen LogP contribution >= 0.6 is 0 Å². The number of carbonyl (C=O) groups excluding carboxylic acids is 2. The van der Waals surface area contributed by atoms with E-state index in [0.29, 0.717) is 31.7 Å². The third-order valence-electron chi connectivity index (χ3n) is 5.60. The minimum atomic E-state index is -0.424. The van der Waals surface area contributed by atoms with Gasteiger partial charge in [-0.2, -0.15) is 0 Å². The van der Waals surface area contributed by atoms with Gasteiger partial charge >= 0.3 is 0 Å². The van der Waals surface area contributed by atoms with E-state index >= 15 is 0 Å². The van der Waals surface area contributed by atoms with Gasteiger partial charge in [0, 0.05) is 30.6 Å². The summed E-state index contributed by atoms with van der Waals surface area (Å²) in [4.78, 5) is 24.6. The molecule has 0 aliphatic carbocycles. The van der Waals surface area contributed by atoms with Crippen LogP contribution in [0.2, 0.25) is 0 Å². The Morgan fingerprint density at radius 3 is 2.44 bits per heavy atom. The number of likely N-dealkylation sites (tertiary alicyclic amines) is 1. The first-order valence-corrected chi connectivity index (χ1v) is 11.2. The summed E-state index contributed by atoms with van der Waals surface area (Å²) in [6.07, 6.45) is 0.916. The number of rotatable bonds is 6. The zero-order valence-corrected chi connectivity index (χ0v) is 20.0. The summed E-state index contributed by atoms with van der Waals surface area (Å²) in [6, 6.07) is 11.7. The molecule has 3 atom stereocenters. The molecule has 1 fully saturated rings. The van der Waals surface area contributed by atoms with Crippen molar-refractivity contribution in [1.29, 1.82) is 0 Å². The molecule has 2 amide bonds. The van der Waals surface area contributed by atoms with E-state index in [2.05, 4.69) is 31.2 Å². The summed E-state index contributed by atoms with van der Waals surface area (Å²) < 4.78 is 5.50. The molecule has 2 aromatic rings. The number of aromatic nitrogens is 1. The van der Waals surface area contributed by atoms with Crippen LogP contribution in [0.25, 0.3) is 0 Å². The molecule has 0 bridgehead atoms. The van der Waals surface area contributed by atoms with Gasteiger partial charge in [-0.15, -0.1) is 0 Å². The Morgan fingerprint density at radius 2 is 1.97 bits per heavy atom. The van der Waals surface area contributed by atoms with Crippen molar-refractivity contribution in [2.24, 2.45) is 5.92 Å². The lowest BCUT2D eigenvalue weighted by Crippen LogP contribution is -2.39. The summed E-state index contributed by atoms with van der Waals surface area (Å²) in [5.74, 6) is 0.406. The number of aliphatic hydroxyl groups excluding tert-OH is 1. The maximum absolute atomic E-state index is 12.9. The molecule has 2 heterocycles. The van der Waals surface area contributed by atoms with Crippen LogP contribution in [0.4, 0.5) is 0 Å². The fourth-order valence-corrected chi connectivity index (χ4v) is 3.77. The molecular weight excluding hydrogens is 406 g/mol. The normalized spacial score (nSPS) is 19.3. The summed E-state index contributed by atoms with van der Waals surface area (Å²) in [5, 5.41) is 16.5. The molecule has 1 saturated heterocycles. The van der Waals surface area contributed by atoms with E-state index in [9.17, 15) is 14.7 Å². The zero-order chi connectivity index (χ0) is 23.9. The predicted octanol–water partition coefficient (Wildman–Crippen LogP) is 3.63. The second-order valence-electron chi connectivity index (χ2n) is 9.80. The Balaban J connectivity index is 0.000000303. The number of carbonyl (C=O) groups is 2. The first-order chi connectivity index (χ1) is 15.0. The minimum Gasteiger partial charge on any atom is -0.391 e. The molecule has 2 N–H and O–H groups in total. The van der Waals surface area contributed by atoms with Crippen molar-refractivity contribution in [2.45, 2.75) is 78.0 Å². The quantitative estimate of drug-likeness (QED) is 0.665. The Bertz CT molecular complexity index is 858. The predicted molar refractivity (Wildman–Crippen MR) is 124 cm³/mol. The van der Waals surface area contributed by atoms with Crippen LogP contribution in [-0.4, -0.2) is 46.2 Å². The van der Waals surface area contributed by atoms with E-state index in [1.807, 2.05) is 57.2 Å². The molecule has 7 heteroatoms. The van der Waals surface area contributed by atoms with E-state index in [-0.39, 0.29) is 29.2 Å². The van der Waals surface area contributed by atoms with Crippen LogP contribution in [0.5, 0.6) is 0 Å². The molecule has 3 unspecified atom stereocenters. The average molecular weight is 444 g/mol. The minimum absolute atomic E-state index is 0.0238. The van der Waals surface area contributed by atoms with Gasteiger partial charge in [0.15, 0.2) is 0 Å². The van der Waals surface area contributed by atoms with Crippen LogP contribution in [0.1, 0.15) is 70.9 Å². The molecule has 0 spiro atoms. The van der Waals surface area contributed by atoms with E-state index < -0.39 is 6.10 Å². The fourth-order valence-electron chi connectivity index (χ4n) is 3.77. The molecule has 7 nitrogen and oxygen atoms in total. The van der Waals surface area contributed by atoms with Crippen molar-refractivity contribution in [1.82, 2.24) is 15.4 Å². The first kappa shape index (κ1) is 25.6. The SMILES string of the molecule is CC(C)C(C(=O)N1CC(O)CC1C)c1cc(C(C)(C)C)no1.O=CNCc1ccccc1. The lowest BCUT2D eigenvalue weighted by atomic mass is 9.88. The van der Waals surface area contributed by atoms with Gasteiger partial charge in [-0.1, -0.05) is 70.1 Å². The van der Waals surface area contributed by atoms with Crippen LogP contribution in [-0.2, 0) is 21.5 Å². The zero-order valence-electron chi connectivity index (χ0n) is 20.0. The van der Waals surface area contributed by atoms with E-state index in [4.69, 9.17) is 4.52 Å². The molecule has 0 radical (unpaired) electrons. The molecule has 1 aliphatic heterocycles. The van der Waals surface area contributed by atoms with Crippen LogP contribution in [0.3, 0.4) is 0 Å². The number of nitrogens with zero attached hydrogens (tertiary/aromatic N) is 2. The van der Waals surface area contributed by atoms with Crippen molar-refractivity contribution in [2.75, 3.05) is 6.54 Å². The van der Waals surface area contributed by atoms with Gasteiger partial charge in [0.2, 0.25) is 12.3 Å². The summed E-state index contributed by atoms with van der Waals surface area (Å²) >= 11 is 0. The smallest absolute Gasteiger partial charge is 0.234 e. The maximum atomic E-state index is 12.9. The van der Waals surface area contributed by atoms with Crippen LogP contribution in [0.15, 0.2) is 40.9 Å². The third kappa shape index (κ3) is 6.92. The number of aliphatic hydroxyl groups is 1. The second-order valence-corrected chi connectivity index (χ2v) is 9.80. The Labute approximate surface area is 191 Å². The fraction of sp³-hybridized carbons (Fsp3) is 0.560. The number of β-amino-alcohol motifs (C(OH)–C–C–N with tert-alkyl or cyclic N) is 1. The highest BCUT2D eigenvalue weighted by Gasteiger charge is 2.38. The molecule has 1 aliphatic rings. The number of amides is 2. The molecule has 176 valence electrons. The Hall–Kier alpha value is -2.67. The van der Waals surface area contributed by atoms with Gasteiger partial charge in [-0.3, -0.25) is 9.59 Å². The number of benzene rings is 1. The van der Waals surface area contributed by atoms with Crippen molar-refractivity contribution >= 4 is 12.3 Å². The van der Waals surface area contributed by atoms with E-state index in [1.165, 1.54) is 0 Å². The molecule has 1 aromatic heterocycles. The molecule has 32 heavy (non-hydrogen) atoms. The third-order valence-corrected chi connectivity index (χ3v) is 5.60. The Morgan fingerprint density at radius 1 is 1.31 bits per heavy atom. The van der Waals surface area contributed by atoms with Gasteiger partial charge in [-0.05, 0) is 24.8 Å². The van der Waals surface area contributed by atoms with Crippen molar-refractivity contribution < 1.29 is 19.2 Å². The summed E-state index contributed by atoms with van der Waals surface area (Å²) in [5.41, 5.74) is 1.87. The van der Waals surface area contributed by atoms with E-state index in [1.54, 1.807) is 4.90 Å². The van der Waals surface area contributed by atoms with E-state index in [0.717, 1.165) is 11.3 Å². The molecular formula is C25H37N3O4. The number of nitrogens with one attached hydrogen (secondary N) is 1. The van der Waals surface area contributed by atoms with Gasteiger partial charge in [-0.25, -0.2) is 0 Å². The standard InChI is InChI=1S/C17H28N2O3.C8H9NO/c1-10(2)15(13-8-14(18-22-13)17(4,5)6)16(21)19-9-12(20)7-11(19)3;10-7-9-6-8-4-2-1-3-5-8/h8,10-12,15,20H,7,9H2,1-6H3;1-5,7H,6H2,(H,9,10). The van der Waals surface area contributed by atoms with Gasteiger partial charge < -0.3 is 19.8 Å². The topological polar surface area (TPSA) is 95.7 Å². The summed E-state index contributed by atoms with van der Waals surface area (Å²) in [6.45, 7) is 13.2. The largest absolute Gasteiger partial charge is 0.391 e. The van der Waals surface area contributed by atoms with Gasteiger partial charge in [0.05, 0.1) is 11.8 Å². The highest BCUT2D eigenvalue weighted by Crippen LogP contribution is 2.32. The number of hydrogen-bond donors (Lipinski definition) is 2. The molecule has 0 saturated carbocycles. The monoisotopic (exact) mass is 443 g/mol. The first-order valence-electron chi connectivity index (χ1n) is 11.2. The maximum Gasteiger partial charge on any atom is 0.234 e. The van der Waals surface area contributed by atoms with Crippen molar-refractivity contribution in [3.63, 3.8) is 0 Å². The summed E-state index contributed by atoms with van der Waals surface area (Å²) in [7, 11) is 0. The highest BCUT2D eigenvalue weighted by molar-refractivity contribution is 5.84. The van der Waals surface area contributed by atoms with Crippen LogP contribution < -0.4 is 5.32 Å². The van der Waals surface area contributed by atoms with Crippen molar-refractivity contribution in [3.8, 4) is 0 Å². The van der Waals surface area contributed by atoms with Gasteiger partial charge in [0.25, 0.3) is 0 Å². The lowest BCUT2D eigenvalue weighted by Gasteiger charge is -2.27. The Kier molecular flexibility index (Phi) is 9.01. The van der Waals surface area contributed by atoms with Crippen molar-refractivity contribution in [3.05, 3.63) is 53.4 Å². The lowest BCUT2D eigenvalue weighted by molar-refractivity contribution is -0.135. The average Bonchev–Trinajstić information content (AvgIpc) is 3.34.